The van der Waals surface area contributed by atoms with E-state index >= 15 is 0 Å². The van der Waals surface area contributed by atoms with E-state index in [2.05, 4.69) is 29.5 Å². The van der Waals surface area contributed by atoms with Gasteiger partial charge in [0.05, 0.1) is 18.4 Å². The van der Waals surface area contributed by atoms with Crippen LogP contribution in [-0.4, -0.2) is 15.7 Å². The van der Waals surface area contributed by atoms with Gasteiger partial charge in [0, 0.05) is 11.8 Å². The van der Waals surface area contributed by atoms with Gasteiger partial charge in [-0.1, -0.05) is 42.0 Å². The smallest absolute Gasteiger partial charge is 0.256 e. The number of carbonyl (C=O) groups is 1. The Morgan fingerprint density at radius 3 is 2.67 bits per heavy atom. The number of rotatable bonds is 4. The van der Waals surface area contributed by atoms with Gasteiger partial charge in [-0.15, -0.1) is 0 Å². The van der Waals surface area contributed by atoms with Crippen LogP contribution >= 0.6 is 0 Å². The van der Waals surface area contributed by atoms with E-state index in [4.69, 9.17) is 0 Å². The van der Waals surface area contributed by atoms with E-state index in [-0.39, 0.29) is 5.91 Å². The number of benzene rings is 2. The van der Waals surface area contributed by atoms with Crippen molar-refractivity contribution in [3.8, 4) is 0 Å². The van der Waals surface area contributed by atoms with Crippen molar-refractivity contribution in [1.82, 2.24) is 9.78 Å². The zero-order valence-corrected chi connectivity index (χ0v) is 14.2. The van der Waals surface area contributed by atoms with Crippen molar-refractivity contribution in [3.63, 3.8) is 0 Å². The summed E-state index contributed by atoms with van der Waals surface area (Å²) in [7, 11) is 0. The molecule has 4 nitrogen and oxygen atoms in total. The van der Waals surface area contributed by atoms with Crippen LogP contribution in [0.4, 0.5) is 5.69 Å². The summed E-state index contributed by atoms with van der Waals surface area (Å²) in [6.07, 6.45) is 3.54. The van der Waals surface area contributed by atoms with Crippen molar-refractivity contribution in [2.45, 2.75) is 27.3 Å². The van der Waals surface area contributed by atoms with E-state index in [1.54, 1.807) is 6.20 Å². The highest BCUT2D eigenvalue weighted by Gasteiger charge is 2.11. The lowest BCUT2D eigenvalue weighted by molar-refractivity contribution is 0.102. The monoisotopic (exact) mass is 319 g/mol. The number of aryl methyl sites for hydroxylation is 3. The summed E-state index contributed by atoms with van der Waals surface area (Å²) < 4.78 is 1.83. The van der Waals surface area contributed by atoms with Crippen molar-refractivity contribution in [1.29, 1.82) is 0 Å². The van der Waals surface area contributed by atoms with Gasteiger partial charge in [0.1, 0.15) is 0 Å². The van der Waals surface area contributed by atoms with E-state index < -0.39 is 0 Å². The van der Waals surface area contributed by atoms with Crippen LogP contribution in [0, 0.1) is 20.8 Å². The molecular weight excluding hydrogens is 298 g/mol. The molecule has 2 aromatic carbocycles. The maximum Gasteiger partial charge on any atom is 0.256 e. The van der Waals surface area contributed by atoms with Gasteiger partial charge in [0.25, 0.3) is 5.91 Å². The third-order valence-corrected chi connectivity index (χ3v) is 4.12. The minimum absolute atomic E-state index is 0.105. The zero-order valence-electron chi connectivity index (χ0n) is 14.2. The number of nitrogens with zero attached hydrogens (tertiary/aromatic N) is 2. The van der Waals surface area contributed by atoms with E-state index in [0.717, 1.165) is 11.1 Å². The number of carbonyl (C=O) groups excluding carboxylic acids is 1. The quantitative estimate of drug-likeness (QED) is 0.786. The summed E-state index contributed by atoms with van der Waals surface area (Å²) in [5.41, 5.74) is 5.88. The molecule has 0 saturated heterocycles. The van der Waals surface area contributed by atoms with E-state index in [1.165, 1.54) is 11.1 Å². The van der Waals surface area contributed by atoms with Crippen LogP contribution in [0.1, 0.15) is 32.6 Å². The molecule has 0 radical (unpaired) electrons. The molecule has 1 amide bonds. The Balaban J connectivity index is 1.73. The van der Waals surface area contributed by atoms with E-state index in [9.17, 15) is 4.79 Å². The van der Waals surface area contributed by atoms with Crippen molar-refractivity contribution >= 4 is 11.6 Å². The molecular formula is C20H21N3O. The predicted molar refractivity (Wildman–Crippen MR) is 96.4 cm³/mol. The molecule has 0 saturated carbocycles. The normalized spacial score (nSPS) is 10.6. The standard InChI is InChI=1S/C20H21N3O/c1-14-8-9-16(3)19(10-14)20(24)22-18-11-21-23(13-18)12-17-7-5-4-6-15(17)2/h4-11,13H,12H2,1-3H3,(H,22,24). The molecule has 1 N–H and O–H groups in total. The summed E-state index contributed by atoms with van der Waals surface area (Å²) in [5, 5.41) is 7.27. The first-order valence-electron chi connectivity index (χ1n) is 7.98. The van der Waals surface area contributed by atoms with Crippen molar-refractivity contribution in [2.75, 3.05) is 5.32 Å². The lowest BCUT2D eigenvalue weighted by atomic mass is 10.1. The molecule has 0 fully saturated rings. The molecule has 3 rings (SSSR count). The second-order valence-corrected chi connectivity index (χ2v) is 6.13. The fraction of sp³-hybridized carbons (Fsp3) is 0.200. The third kappa shape index (κ3) is 3.54. The van der Waals surface area contributed by atoms with E-state index in [0.29, 0.717) is 17.8 Å². The Hall–Kier alpha value is -2.88. The molecule has 0 aliphatic carbocycles. The number of hydrogen-bond donors (Lipinski definition) is 1. The fourth-order valence-corrected chi connectivity index (χ4v) is 2.66. The van der Waals surface area contributed by atoms with Crippen LogP contribution in [0.15, 0.2) is 54.9 Å². The second-order valence-electron chi connectivity index (χ2n) is 6.13. The SMILES string of the molecule is Cc1ccc(C)c(C(=O)Nc2cnn(Cc3ccccc3C)c2)c1. The molecule has 24 heavy (non-hydrogen) atoms. The largest absolute Gasteiger partial charge is 0.319 e. The van der Waals surface area contributed by atoms with Crippen LogP contribution in [0.2, 0.25) is 0 Å². The summed E-state index contributed by atoms with van der Waals surface area (Å²) in [4.78, 5) is 12.5. The van der Waals surface area contributed by atoms with Crippen LogP contribution in [-0.2, 0) is 6.54 Å². The Labute approximate surface area is 142 Å². The number of amides is 1. The minimum atomic E-state index is -0.105. The van der Waals surface area contributed by atoms with Crippen molar-refractivity contribution in [3.05, 3.63) is 82.7 Å². The zero-order chi connectivity index (χ0) is 17.1. The summed E-state index contributed by atoms with van der Waals surface area (Å²) in [6, 6.07) is 14.1. The number of aromatic nitrogens is 2. The summed E-state index contributed by atoms with van der Waals surface area (Å²) in [6.45, 7) is 6.69. The van der Waals surface area contributed by atoms with Crippen LogP contribution < -0.4 is 5.32 Å². The summed E-state index contributed by atoms with van der Waals surface area (Å²) in [5.74, 6) is -0.105. The van der Waals surface area contributed by atoms with Gasteiger partial charge < -0.3 is 5.32 Å². The summed E-state index contributed by atoms with van der Waals surface area (Å²) >= 11 is 0. The molecule has 0 aliphatic heterocycles. The van der Waals surface area contributed by atoms with Gasteiger partial charge in [-0.05, 0) is 43.5 Å². The molecule has 0 aliphatic rings. The number of anilines is 1. The minimum Gasteiger partial charge on any atom is -0.319 e. The van der Waals surface area contributed by atoms with Crippen LogP contribution in [0.3, 0.4) is 0 Å². The lowest BCUT2D eigenvalue weighted by Gasteiger charge is -2.07. The molecule has 0 spiro atoms. The predicted octanol–water partition coefficient (Wildman–Crippen LogP) is 4.11. The average Bonchev–Trinajstić information content (AvgIpc) is 2.99. The van der Waals surface area contributed by atoms with Crippen molar-refractivity contribution < 1.29 is 4.79 Å². The molecule has 4 heteroatoms. The van der Waals surface area contributed by atoms with Gasteiger partial charge in [0.15, 0.2) is 0 Å². The highest BCUT2D eigenvalue weighted by molar-refractivity contribution is 6.05. The average molecular weight is 319 g/mol. The Bertz CT molecular complexity index is 880. The maximum atomic E-state index is 12.5. The fourth-order valence-electron chi connectivity index (χ4n) is 2.66. The molecule has 122 valence electrons. The highest BCUT2D eigenvalue weighted by Crippen LogP contribution is 2.15. The van der Waals surface area contributed by atoms with Crippen LogP contribution in [0.25, 0.3) is 0 Å². The molecule has 3 aromatic rings. The lowest BCUT2D eigenvalue weighted by Crippen LogP contribution is -2.13. The Morgan fingerprint density at radius 2 is 1.88 bits per heavy atom. The first-order valence-corrected chi connectivity index (χ1v) is 7.98. The molecule has 0 atom stereocenters. The second kappa shape index (κ2) is 6.71. The number of hydrogen-bond acceptors (Lipinski definition) is 2. The molecule has 0 unspecified atom stereocenters. The Morgan fingerprint density at radius 1 is 1.08 bits per heavy atom. The molecule has 1 heterocycles. The Kier molecular flexibility index (Phi) is 4.47. The van der Waals surface area contributed by atoms with Gasteiger partial charge in [-0.3, -0.25) is 9.48 Å². The first kappa shape index (κ1) is 16.0. The number of nitrogens with one attached hydrogen (secondary N) is 1. The van der Waals surface area contributed by atoms with Gasteiger partial charge in [-0.25, -0.2) is 0 Å². The highest BCUT2D eigenvalue weighted by atomic mass is 16.1. The van der Waals surface area contributed by atoms with Gasteiger partial charge in [0.2, 0.25) is 0 Å². The molecule has 1 aromatic heterocycles. The third-order valence-electron chi connectivity index (χ3n) is 4.12. The van der Waals surface area contributed by atoms with Crippen LogP contribution in [0.5, 0.6) is 0 Å². The first-order chi connectivity index (χ1) is 11.5. The molecule has 0 bridgehead atoms. The maximum absolute atomic E-state index is 12.5. The van der Waals surface area contributed by atoms with Crippen molar-refractivity contribution in [2.24, 2.45) is 0 Å². The van der Waals surface area contributed by atoms with Gasteiger partial charge >= 0.3 is 0 Å². The van der Waals surface area contributed by atoms with Gasteiger partial charge in [-0.2, -0.15) is 5.10 Å². The van der Waals surface area contributed by atoms with E-state index in [1.807, 2.05) is 55.1 Å². The topological polar surface area (TPSA) is 46.9 Å².